The molecule has 1 aromatic heterocycles. The number of aromatic hydroxyl groups is 1. The zero-order valence-electron chi connectivity index (χ0n) is 24.4. The molecule has 1 heterocycles. The maximum atomic E-state index is 11.2. The van der Waals surface area contributed by atoms with Gasteiger partial charge in [0.2, 0.25) is 0 Å². The molecule has 0 radical (unpaired) electrons. The third kappa shape index (κ3) is 7.57. The Morgan fingerprint density at radius 2 is 1.12 bits per heavy atom. The van der Waals surface area contributed by atoms with Crippen molar-refractivity contribution in [3.8, 4) is 5.75 Å². The molecule has 14 N–H and O–H groups in total. The maximum Gasteiger partial charge on any atom is 0.296 e. The second-order valence-corrected chi connectivity index (χ2v) is 14.2. The molecule has 0 unspecified atom stereocenters. The Labute approximate surface area is 273 Å². The van der Waals surface area contributed by atoms with Crippen LogP contribution in [0.15, 0.2) is 99.7 Å². The summed E-state index contributed by atoms with van der Waals surface area (Å²) in [5.41, 5.74) is 29.8. The molecule has 0 atom stereocenters. The number of nitrogens with zero attached hydrogens (tertiary/aromatic N) is 1. The predicted molar refractivity (Wildman–Crippen MR) is 183 cm³/mol. The van der Waals surface area contributed by atoms with Crippen molar-refractivity contribution in [2.24, 2.45) is 0 Å². The largest absolute Gasteiger partial charge is 0.505 e. The van der Waals surface area contributed by atoms with Gasteiger partial charge in [-0.1, -0.05) is 18.2 Å². The molecule has 6 aromatic rings. The highest BCUT2D eigenvalue weighted by Crippen LogP contribution is 2.39. The molecular weight excluding hydrogens is 689 g/mol. The minimum Gasteiger partial charge on any atom is -0.505 e. The van der Waals surface area contributed by atoms with Gasteiger partial charge in [0, 0.05) is 33.7 Å². The smallest absolute Gasteiger partial charge is 0.296 e. The number of phenols is 1. The molecule has 48 heavy (non-hydrogen) atoms. The van der Waals surface area contributed by atoms with Gasteiger partial charge in [0.15, 0.2) is 0 Å². The van der Waals surface area contributed by atoms with Crippen LogP contribution in [0.5, 0.6) is 5.75 Å². The summed E-state index contributed by atoms with van der Waals surface area (Å²) in [4.78, 5) is 2.55. The van der Waals surface area contributed by atoms with Gasteiger partial charge in [-0.2, -0.15) is 25.3 Å². The number of anilines is 5. The van der Waals surface area contributed by atoms with Crippen LogP contribution in [0, 0.1) is 0 Å². The van der Waals surface area contributed by atoms with Gasteiger partial charge in [-0.3, -0.25) is 18.6 Å². The van der Waals surface area contributed by atoms with Crippen molar-refractivity contribution in [3.63, 3.8) is 0 Å². The van der Waals surface area contributed by atoms with E-state index in [0.29, 0.717) is 22.4 Å². The molecule has 0 aliphatic carbocycles. The highest BCUT2D eigenvalue weighted by molar-refractivity contribution is 7.86. The first-order chi connectivity index (χ1) is 22.2. The molecule has 0 amide bonds. The van der Waals surface area contributed by atoms with E-state index in [1.165, 1.54) is 12.1 Å². The highest BCUT2D eigenvalue weighted by atomic mass is 32.2. The molecule has 0 fully saturated rings. The Bertz CT molecular complexity index is 2520. The van der Waals surface area contributed by atoms with E-state index in [1.807, 2.05) is 12.1 Å². The molecule has 16 nitrogen and oxygen atoms in total. The number of nitrogen functional groups attached to an aromatic ring is 5. The molecule has 19 heteroatoms. The number of benzene rings is 5. The molecule has 5 aromatic carbocycles. The Balaban J connectivity index is 0.000000169. The lowest BCUT2D eigenvalue weighted by atomic mass is 10.1. The number of phenolic OH excluding ortho intramolecular Hbond substituents is 1. The zero-order chi connectivity index (χ0) is 35.8. The molecule has 6 rings (SSSR count). The van der Waals surface area contributed by atoms with E-state index in [1.54, 1.807) is 42.6 Å². The van der Waals surface area contributed by atoms with E-state index in [4.69, 9.17) is 42.3 Å². The molecule has 0 saturated heterocycles. The van der Waals surface area contributed by atoms with Gasteiger partial charge in [0.1, 0.15) is 15.5 Å². The lowest BCUT2D eigenvalue weighted by Crippen LogP contribution is -2.06. The van der Waals surface area contributed by atoms with Crippen LogP contribution < -0.4 is 28.7 Å². The van der Waals surface area contributed by atoms with Gasteiger partial charge in [0.25, 0.3) is 30.4 Å². The van der Waals surface area contributed by atoms with Gasteiger partial charge >= 0.3 is 0 Å². The highest BCUT2D eigenvalue weighted by Gasteiger charge is 2.22. The minimum absolute atomic E-state index is 0.0372. The average molecular weight is 717 g/mol. The maximum absolute atomic E-state index is 11.2. The van der Waals surface area contributed by atoms with Crippen LogP contribution in [0.3, 0.4) is 0 Å². The fourth-order valence-corrected chi connectivity index (χ4v) is 6.32. The van der Waals surface area contributed by atoms with Crippen LogP contribution in [0.2, 0.25) is 0 Å². The second kappa shape index (κ2) is 13.0. The number of nitrogens with two attached hydrogens (primary N) is 5. The molecule has 0 spiro atoms. The molecule has 0 aliphatic heterocycles. The number of rotatable bonds is 3. The summed E-state index contributed by atoms with van der Waals surface area (Å²) in [5.74, 6) is -0.686. The number of pyridine rings is 1. The Morgan fingerprint density at radius 3 is 1.73 bits per heavy atom. The van der Waals surface area contributed by atoms with E-state index >= 15 is 0 Å². The summed E-state index contributed by atoms with van der Waals surface area (Å²) in [6.45, 7) is 0. The minimum atomic E-state index is -4.73. The van der Waals surface area contributed by atoms with Crippen LogP contribution in [0.1, 0.15) is 0 Å². The molecule has 0 bridgehead atoms. The van der Waals surface area contributed by atoms with Gasteiger partial charge in [-0.25, -0.2) is 0 Å². The number of hydrogen-bond acceptors (Lipinski definition) is 13. The first kappa shape index (κ1) is 35.4. The van der Waals surface area contributed by atoms with Crippen LogP contribution in [-0.4, -0.2) is 49.0 Å². The fraction of sp³-hybridized carbons (Fsp3) is 0. The first-order valence-corrected chi connectivity index (χ1v) is 17.5. The van der Waals surface area contributed by atoms with Crippen LogP contribution in [-0.2, 0) is 30.4 Å². The topological polar surface area (TPSA) is 326 Å². The third-order valence-electron chi connectivity index (χ3n) is 6.82. The van der Waals surface area contributed by atoms with Crippen molar-refractivity contribution in [1.82, 2.24) is 4.98 Å². The van der Waals surface area contributed by atoms with Crippen molar-refractivity contribution >= 4 is 91.2 Å². The third-order valence-corrected chi connectivity index (χ3v) is 9.47. The monoisotopic (exact) mass is 716 g/mol. The van der Waals surface area contributed by atoms with Gasteiger partial charge in [0.05, 0.1) is 27.5 Å². The lowest BCUT2D eigenvalue weighted by Gasteiger charge is -2.11. The van der Waals surface area contributed by atoms with Crippen LogP contribution >= 0.6 is 0 Å². The predicted octanol–water partition coefficient (Wildman–Crippen LogP) is 3.27. The summed E-state index contributed by atoms with van der Waals surface area (Å²) in [6, 6.07) is 19.5. The van der Waals surface area contributed by atoms with Gasteiger partial charge in [-0.15, -0.1) is 0 Å². The van der Waals surface area contributed by atoms with Crippen LogP contribution in [0.25, 0.3) is 32.4 Å². The van der Waals surface area contributed by atoms with E-state index in [0.717, 1.165) is 34.5 Å². The molecular formula is C29H28N6O10S3. The van der Waals surface area contributed by atoms with E-state index < -0.39 is 51.6 Å². The summed E-state index contributed by atoms with van der Waals surface area (Å²) >= 11 is 0. The SMILES string of the molecule is Nc1cc2c(O)c(N)c(S(=O)(=O)O)cc2cc1S(=O)(=O)O.Nc1ccc(N)c2ncccc12.Nc1cccc2cc(S(=O)(=O)O)ccc12. The van der Waals surface area contributed by atoms with Crippen LogP contribution in [0.4, 0.5) is 28.4 Å². The van der Waals surface area contributed by atoms with E-state index in [-0.39, 0.29) is 21.4 Å². The zero-order valence-corrected chi connectivity index (χ0v) is 26.8. The summed E-state index contributed by atoms with van der Waals surface area (Å²) in [6.07, 6.45) is 1.71. The van der Waals surface area contributed by atoms with E-state index in [9.17, 15) is 30.4 Å². The Morgan fingerprint density at radius 1 is 0.521 bits per heavy atom. The molecule has 252 valence electrons. The van der Waals surface area contributed by atoms with Crippen molar-refractivity contribution in [2.75, 3.05) is 28.7 Å². The molecule has 0 aliphatic rings. The number of hydrogen-bond donors (Lipinski definition) is 9. The van der Waals surface area contributed by atoms with Gasteiger partial charge in [-0.05, 0) is 71.4 Å². The standard InChI is InChI=1S/C10H10N2O7S2.C10H9NO3S.C9H9N3/c11-6-3-5-4(1-7(6)20(14,15)16)2-8(21(17,18)19)9(12)10(5)13;11-10-3-1-2-7-6-8(15(12,13)14)4-5-9(7)10;10-7-3-4-8(11)9-6(7)2-1-5-12-9/h1-3,13H,11-12H2,(H,14,15,16)(H,17,18,19);1-6H,11H2,(H,12,13,14);1-5H,10-11H2. The van der Waals surface area contributed by atoms with Crippen molar-refractivity contribution in [3.05, 3.63) is 85.1 Å². The van der Waals surface area contributed by atoms with Gasteiger partial charge < -0.3 is 33.8 Å². The summed E-state index contributed by atoms with van der Waals surface area (Å²) < 4.78 is 93.3. The second-order valence-electron chi connectivity index (χ2n) is 10.0. The molecule has 0 saturated carbocycles. The number of aromatic nitrogens is 1. The summed E-state index contributed by atoms with van der Waals surface area (Å²) in [7, 11) is -13.5. The Kier molecular flexibility index (Phi) is 9.58. The normalized spacial score (nSPS) is 11.8. The van der Waals surface area contributed by atoms with Crippen molar-refractivity contribution in [1.29, 1.82) is 0 Å². The first-order valence-electron chi connectivity index (χ1n) is 13.1. The quantitative estimate of drug-likeness (QED) is 0.0720. The number of fused-ring (bicyclic) bond motifs is 3. The van der Waals surface area contributed by atoms with Crippen molar-refractivity contribution < 1.29 is 44.0 Å². The summed E-state index contributed by atoms with van der Waals surface area (Å²) in [5, 5.41) is 12.1. The Hall–Kier alpha value is -5.44. The average Bonchev–Trinajstić information content (AvgIpc) is 3.00. The van der Waals surface area contributed by atoms with Crippen molar-refractivity contribution in [2.45, 2.75) is 14.7 Å². The lowest BCUT2D eigenvalue weighted by molar-refractivity contribution is 0.473. The van der Waals surface area contributed by atoms with E-state index in [2.05, 4.69) is 4.98 Å². The fourth-order valence-electron chi connectivity index (χ4n) is 4.52.